The lowest BCUT2D eigenvalue weighted by atomic mass is 9.69. The summed E-state index contributed by atoms with van der Waals surface area (Å²) >= 11 is 1.22. The number of esters is 1. The SMILES string of the molecule is COC(=O)c1sc(-c2cn(Cc3ccccc3)nc2C)cc1NC(=O)C1(C(C)(C)C)C[C@@H]2CCC[C@@H]2N1C(=O)O. The summed E-state index contributed by atoms with van der Waals surface area (Å²) in [5.41, 5.74) is 1.11. The highest BCUT2D eigenvalue weighted by Crippen LogP contribution is 2.54. The normalized spacial score (nSPS) is 22.3. The number of carboxylic acid groups (broad SMARTS) is 1. The molecular formula is C30H36N4O5S. The molecule has 3 heterocycles. The van der Waals surface area contributed by atoms with Gasteiger partial charge in [-0.3, -0.25) is 14.4 Å². The lowest BCUT2D eigenvalue weighted by molar-refractivity contribution is -0.133. The average Bonchev–Trinajstić information content (AvgIpc) is 3.66. The van der Waals surface area contributed by atoms with Gasteiger partial charge >= 0.3 is 12.1 Å². The second kappa shape index (κ2) is 10.4. The zero-order chi connectivity index (χ0) is 28.8. The smallest absolute Gasteiger partial charge is 0.408 e. The number of hydrogen-bond acceptors (Lipinski definition) is 6. The third kappa shape index (κ3) is 4.68. The van der Waals surface area contributed by atoms with Crippen molar-refractivity contribution in [1.82, 2.24) is 14.7 Å². The molecule has 2 fully saturated rings. The van der Waals surface area contributed by atoms with Crippen molar-refractivity contribution < 1.29 is 24.2 Å². The van der Waals surface area contributed by atoms with Crippen LogP contribution in [0.2, 0.25) is 0 Å². The Morgan fingerprint density at radius 3 is 2.58 bits per heavy atom. The molecule has 1 aliphatic heterocycles. The molecule has 1 saturated heterocycles. The highest BCUT2D eigenvalue weighted by molar-refractivity contribution is 7.18. The first kappa shape index (κ1) is 27.9. The number of aryl methyl sites for hydroxylation is 1. The summed E-state index contributed by atoms with van der Waals surface area (Å²) in [4.78, 5) is 42.1. The number of carbonyl (C=O) groups is 3. The summed E-state index contributed by atoms with van der Waals surface area (Å²) in [6, 6.07) is 11.6. The van der Waals surface area contributed by atoms with Crippen LogP contribution in [-0.4, -0.2) is 56.4 Å². The molecule has 2 N–H and O–H groups in total. The topological polar surface area (TPSA) is 114 Å². The largest absolute Gasteiger partial charge is 0.465 e. The number of amides is 2. The van der Waals surface area contributed by atoms with Gasteiger partial charge in [0, 0.05) is 22.7 Å². The quantitative estimate of drug-likeness (QED) is 0.354. The van der Waals surface area contributed by atoms with E-state index in [0.29, 0.717) is 18.7 Å². The summed E-state index contributed by atoms with van der Waals surface area (Å²) in [5.74, 6) is -0.843. The number of likely N-dealkylation sites (tertiary alicyclic amines) is 1. The highest BCUT2D eigenvalue weighted by atomic mass is 32.1. The molecule has 2 amide bonds. The van der Waals surface area contributed by atoms with Crippen molar-refractivity contribution in [1.29, 1.82) is 0 Å². The lowest BCUT2D eigenvalue weighted by Crippen LogP contribution is -2.64. The van der Waals surface area contributed by atoms with Gasteiger partial charge in [-0.2, -0.15) is 5.10 Å². The Hall–Kier alpha value is -3.66. The van der Waals surface area contributed by atoms with E-state index in [4.69, 9.17) is 4.74 Å². The van der Waals surface area contributed by atoms with Crippen LogP contribution in [0, 0.1) is 18.3 Å². The average molecular weight is 565 g/mol. The third-order valence-corrected chi connectivity index (χ3v) is 9.64. The standard InChI is InChI=1S/C30H36N4O5S/c1-18-21(17-33(32-18)16-19-10-7-6-8-11-19)24-14-22(25(40-24)26(35)39-5)31-27(36)30(29(2,3)4)15-20-12-9-13-23(20)34(30)28(37)38/h6-8,10-11,14,17,20,23H,9,12-13,15-16H2,1-5H3,(H,31,36)(H,37,38)/t20-,23-,30?/m0/s1. The van der Waals surface area contributed by atoms with Crippen LogP contribution in [-0.2, 0) is 16.1 Å². The predicted octanol–water partition coefficient (Wildman–Crippen LogP) is 6.03. The number of rotatable bonds is 6. The summed E-state index contributed by atoms with van der Waals surface area (Å²) in [6.45, 7) is 8.24. The molecule has 9 nitrogen and oxygen atoms in total. The molecule has 1 unspecified atom stereocenters. The van der Waals surface area contributed by atoms with Crippen molar-refractivity contribution in [2.24, 2.45) is 11.3 Å². The molecule has 0 bridgehead atoms. The molecule has 3 atom stereocenters. The van der Waals surface area contributed by atoms with Crippen molar-refractivity contribution in [2.75, 3.05) is 12.4 Å². The molecule has 1 saturated carbocycles. The van der Waals surface area contributed by atoms with Gasteiger partial charge in [0.25, 0.3) is 5.91 Å². The highest BCUT2D eigenvalue weighted by Gasteiger charge is 2.64. The molecule has 5 rings (SSSR count). The van der Waals surface area contributed by atoms with Crippen LogP contribution in [0.15, 0.2) is 42.6 Å². The summed E-state index contributed by atoms with van der Waals surface area (Å²) < 4.78 is 6.91. The van der Waals surface area contributed by atoms with E-state index in [1.807, 2.05) is 68.9 Å². The van der Waals surface area contributed by atoms with E-state index < -0.39 is 28.9 Å². The Morgan fingerprint density at radius 2 is 1.93 bits per heavy atom. The molecule has 2 aliphatic rings. The molecule has 1 aliphatic carbocycles. The Bertz CT molecular complexity index is 1440. The van der Waals surface area contributed by atoms with Crippen LogP contribution in [0.4, 0.5) is 10.5 Å². The number of nitrogens with one attached hydrogen (secondary N) is 1. The minimum Gasteiger partial charge on any atom is -0.465 e. The Balaban J connectivity index is 1.51. The van der Waals surface area contributed by atoms with E-state index in [1.165, 1.54) is 23.3 Å². The van der Waals surface area contributed by atoms with Gasteiger partial charge in [-0.05, 0) is 49.1 Å². The van der Waals surface area contributed by atoms with Crippen molar-refractivity contribution in [3.8, 4) is 10.4 Å². The van der Waals surface area contributed by atoms with E-state index in [1.54, 1.807) is 6.07 Å². The number of aromatic nitrogens is 2. The first-order valence-corrected chi connectivity index (χ1v) is 14.4. The fraction of sp³-hybridized carbons (Fsp3) is 0.467. The van der Waals surface area contributed by atoms with Crippen LogP contribution in [0.5, 0.6) is 0 Å². The fourth-order valence-electron chi connectivity index (χ4n) is 6.57. The summed E-state index contributed by atoms with van der Waals surface area (Å²) in [5, 5.41) is 18.0. The second-order valence-electron chi connectivity index (χ2n) is 11.8. The van der Waals surface area contributed by atoms with E-state index in [2.05, 4.69) is 10.4 Å². The first-order valence-electron chi connectivity index (χ1n) is 13.6. The maximum absolute atomic E-state index is 14.2. The Kier molecular flexibility index (Phi) is 7.24. The van der Waals surface area contributed by atoms with Crippen LogP contribution in [0.1, 0.15) is 67.4 Å². The van der Waals surface area contributed by atoms with Crippen LogP contribution in [0.3, 0.4) is 0 Å². The zero-order valence-corrected chi connectivity index (χ0v) is 24.4. The van der Waals surface area contributed by atoms with Gasteiger partial charge < -0.3 is 15.2 Å². The van der Waals surface area contributed by atoms with Gasteiger partial charge in [-0.1, -0.05) is 57.5 Å². The summed E-state index contributed by atoms with van der Waals surface area (Å²) in [7, 11) is 1.30. The van der Waals surface area contributed by atoms with E-state index in [9.17, 15) is 19.5 Å². The number of carbonyl (C=O) groups excluding carboxylic acids is 2. The number of methoxy groups -OCH3 is 1. The molecular weight excluding hydrogens is 528 g/mol. The van der Waals surface area contributed by atoms with E-state index in [0.717, 1.165) is 41.0 Å². The number of fused-ring (bicyclic) bond motifs is 1. The van der Waals surface area contributed by atoms with Gasteiger partial charge in [0.05, 0.1) is 25.0 Å². The van der Waals surface area contributed by atoms with Crippen molar-refractivity contribution >= 4 is 35.0 Å². The number of thiophene rings is 1. The Morgan fingerprint density at radius 1 is 1.20 bits per heavy atom. The number of nitrogens with zero attached hydrogens (tertiary/aromatic N) is 3. The minimum atomic E-state index is -1.28. The maximum atomic E-state index is 14.2. The van der Waals surface area contributed by atoms with Gasteiger partial charge in [-0.25, -0.2) is 9.59 Å². The Labute approximate surface area is 238 Å². The van der Waals surface area contributed by atoms with Gasteiger partial charge in [0.15, 0.2) is 0 Å². The second-order valence-corrected chi connectivity index (χ2v) is 12.9. The van der Waals surface area contributed by atoms with Crippen molar-refractivity contribution in [2.45, 2.75) is 71.5 Å². The molecule has 0 spiro atoms. The molecule has 2 aromatic heterocycles. The van der Waals surface area contributed by atoms with Gasteiger partial charge in [0.1, 0.15) is 10.4 Å². The van der Waals surface area contributed by atoms with Crippen LogP contribution >= 0.6 is 11.3 Å². The molecule has 40 heavy (non-hydrogen) atoms. The third-order valence-electron chi connectivity index (χ3n) is 8.49. The summed E-state index contributed by atoms with van der Waals surface area (Å²) in [6.07, 6.45) is 3.92. The number of benzene rings is 1. The first-order chi connectivity index (χ1) is 19.0. The van der Waals surface area contributed by atoms with Gasteiger partial charge in [0.2, 0.25) is 0 Å². The number of anilines is 1. The number of hydrogen-bond donors (Lipinski definition) is 2. The predicted molar refractivity (Wildman–Crippen MR) is 154 cm³/mol. The van der Waals surface area contributed by atoms with Crippen LogP contribution < -0.4 is 5.32 Å². The molecule has 3 aromatic rings. The van der Waals surface area contributed by atoms with E-state index in [-0.39, 0.29) is 16.8 Å². The van der Waals surface area contributed by atoms with E-state index >= 15 is 0 Å². The molecule has 0 radical (unpaired) electrons. The zero-order valence-electron chi connectivity index (χ0n) is 23.6. The maximum Gasteiger partial charge on any atom is 0.408 e. The molecule has 212 valence electrons. The van der Waals surface area contributed by atoms with Crippen molar-refractivity contribution in [3.05, 3.63) is 58.7 Å². The van der Waals surface area contributed by atoms with Gasteiger partial charge in [-0.15, -0.1) is 11.3 Å². The lowest BCUT2D eigenvalue weighted by Gasteiger charge is -2.46. The number of ether oxygens (including phenoxy) is 1. The van der Waals surface area contributed by atoms with Crippen LogP contribution in [0.25, 0.3) is 10.4 Å². The molecule has 1 aromatic carbocycles. The minimum absolute atomic E-state index is 0.136. The monoisotopic (exact) mass is 564 g/mol. The molecule has 10 heteroatoms. The fourth-order valence-corrected chi connectivity index (χ4v) is 7.66. The van der Waals surface area contributed by atoms with Crippen molar-refractivity contribution in [3.63, 3.8) is 0 Å².